The minimum atomic E-state index is 0.0862. The number of rotatable bonds is 4. The number of likely N-dealkylation sites (tertiary alicyclic amines) is 1. The molecule has 1 amide bonds. The van der Waals surface area contributed by atoms with Crippen molar-refractivity contribution in [2.45, 2.75) is 13.0 Å². The molecule has 0 atom stereocenters. The molecule has 1 aliphatic rings. The molecule has 1 saturated heterocycles. The van der Waals surface area contributed by atoms with Gasteiger partial charge >= 0.3 is 0 Å². The van der Waals surface area contributed by atoms with Crippen molar-refractivity contribution in [2.75, 3.05) is 13.1 Å². The van der Waals surface area contributed by atoms with Gasteiger partial charge in [0.1, 0.15) is 12.4 Å². The van der Waals surface area contributed by atoms with Crippen molar-refractivity contribution in [3.8, 4) is 5.75 Å². The molecule has 0 saturated carbocycles. The van der Waals surface area contributed by atoms with Crippen molar-refractivity contribution in [1.29, 1.82) is 0 Å². The summed E-state index contributed by atoms with van der Waals surface area (Å²) in [4.78, 5) is 18.0. The second-order valence-corrected chi connectivity index (χ2v) is 4.82. The van der Waals surface area contributed by atoms with Crippen molar-refractivity contribution in [3.63, 3.8) is 0 Å². The Labute approximate surface area is 118 Å². The Bertz CT molecular complexity index is 594. The Balaban J connectivity index is 1.66. The van der Waals surface area contributed by atoms with Gasteiger partial charge in [0.05, 0.1) is 0 Å². The average Bonchev–Trinajstić information content (AvgIpc) is 2.45. The molecular weight excluding hydrogens is 252 g/mol. The zero-order valence-electron chi connectivity index (χ0n) is 11.2. The summed E-state index contributed by atoms with van der Waals surface area (Å²) in [5.41, 5.74) is 1.69. The molecule has 1 aromatic heterocycles. The number of nitrogens with zero attached hydrogens (tertiary/aromatic N) is 2. The van der Waals surface area contributed by atoms with E-state index in [0.29, 0.717) is 17.9 Å². The number of amides is 1. The topological polar surface area (TPSA) is 42.4 Å². The van der Waals surface area contributed by atoms with E-state index in [1.54, 1.807) is 18.5 Å². The summed E-state index contributed by atoms with van der Waals surface area (Å²) in [6.45, 7) is 2.18. The van der Waals surface area contributed by atoms with E-state index in [0.717, 1.165) is 25.1 Å². The summed E-state index contributed by atoms with van der Waals surface area (Å²) in [6.07, 6.45) is 4.61. The Morgan fingerprint density at radius 3 is 2.85 bits per heavy atom. The van der Waals surface area contributed by atoms with Crippen molar-refractivity contribution in [2.24, 2.45) is 0 Å². The van der Waals surface area contributed by atoms with Gasteiger partial charge in [-0.25, -0.2) is 0 Å². The monoisotopic (exact) mass is 268 g/mol. The molecule has 20 heavy (non-hydrogen) atoms. The molecule has 4 heteroatoms. The van der Waals surface area contributed by atoms with Gasteiger partial charge in [-0.15, -0.1) is 0 Å². The fourth-order valence-electron chi connectivity index (χ4n) is 2.07. The van der Waals surface area contributed by atoms with Crippen LogP contribution < -0.4 is 4.74 Å². The van der Waals surface area contributed by atoms with Crippen LogP contribution in [0.15, 0.2) is 48.8 Å². The standard InChI is InChI=1S/C16H16N2O2/c19-16(18-8-3-9-18)14-5-1-6-15(10-14)20-12-13-4-2-7-17-11-13/h1-2,4-7,10-11H,3,8-9,12H2. The lowest BCUT2D eigenvalue weighted by Gasteiger charge is -2.30. The number of carbonyl (C=O) groups is 1. The van der Waals surface area contributed by atoms with Gasteiger partial charge in [-0.05, 0) is 30.7 Å². The fraction of sp³-hybridized carbons (Fsp3) is 0.250. The number of hydrogen-bond donors (Lipinski definition) is 0. The molecule has 1 aliphatic heterocycles. The van der Waals surface area contributed by atoms with E-state index in [1.807, 2.05) is 35.2 Å². The highest BCUT2D eigenvalue weighted by Gasteiger charge is 2.21. The molecule has 4 nitrogen and oxygen atoms in total. The quantitative estimate of drug-likeness (QED) is 0.855. The van der Waals surface area contributed by atoms with Crippen LogP contribution in [0.25, 0.3) is 0 Å². The molecule has 0 aliphatic carbocycles. The number of aromatic nitrogens is 1. The normalized spacial score (nSPS) is 13.7. The zero-order valence-corrected chi connectivity index (χ0v) is 11.2. The Morgan fingerprint density at radius 1 is 1.25 bits per heavy atom. The van der Waals surface area contributed by atoms with E-state index in [4.69, 9.17) is 4.74 Å². The first-order chi connectivity index (χ1) is 9.83. The minimum absolute atomic E-state index is 0.0862. The molecule has 0 spiro atoms. The molecule has 2 aromatic rings. The van der Waals surface area contributed by atoms with E-state index in [-0.39, 0.29) is 5.91 Å². The first-order valence-corrected chi connectivity index (χ1v) is 6.74. The summed E-state index contributed by atoms with van der Waals surface area (Å²) in [5, 5.41) is 0. The number of benzene rings is 1. The molecular formula is C16H16N2O2. The maximum atomic E-state index is 12.1. The van der Waals surface area contributed by atoms with E-state index in [2.05, 4.69) is 4.98 Å². The van der Waals surface area contributed by atoms with Gasteiger partial charge in [0.25, 0.3) is 5.91 Å². The van der Waals surface area contributed by atoms with Gasteiger partial charge in [-0.1, -0.05) is 12.1 Å². The van der Waals surface area contributed by atoms with Gasteiger partial charge in [-0.3, -0.25) is 9.78 Å². The van der Waals surface area contributed by atoms with Gasteiger partial charge in [0.15, 0.2) is 0 Å². The Hall–Kier alpha value is -2.36. The Morgan fingerprint density at radius 2 is 2.15 bits per heavy atom. The second kappa shape index (κ2) is 5.74. The summed E-state index contributed by atoms with van der Waals surface area (Å²) < 4.78 is 5.70. The molecule has 102 valence electrons. The highest BCUT2D eigenvalue weighted by atomic mass is 16.5. The highest BCUT2D eigenvalue weighted by Crippen LogP contribution is 2.18. The number of hydrogen-bond acceptors (Lipinski definition) is 3. The van der Waals surface area contributed by atoms with Gasteiger partial charge in [-0.2, -0.15) is 0 Å². The highest BCUT2D eigenvalue weighted by molar-refractivity contribution is 5.95. The third kappa shape index (κ3) is 2.79. The molecule has 2 heterocycles. The first kappa shape index (κ1) is 12.7. The van der Waals surface area contributed by atoms with Crippen molar-refractivity contribution < 1.29 is 9.53 Å². The third-order valence-corrected chi connectivity index (χ3v) is 3.35. The van der Waals surface area contributed by atoms with Gasteiger partial charge < -0.3 is 9.64 Å². The van der Waals surface area contributed by atoms with E-state index in [9.17, 15) is 4.79 Å². The molecule has 3 rings (SSSR count). The maximum absolute atomic E-state index is 12.1. The lowest BCUT2D eigenvalue weighted by molar-refractivity contribution is 0.0651. The molecule has 0 bridgehead atoms. The largest absolute Gasteiger partial charge is 0.489 e. The predicted molar refractivity (Wildman–Crippen MR) is 75.5 cm³/mol. The smallest absolute Gasteiger partial charge is 0.253 e. The molecule has 1 aromatic carbocycles. The summed E-state index contributed by atoms with van der Waals surface area (Å²) in [5.74, 6) is 0.795. The lowest BCUT2D eigenvalue weighted by atomic mass is 10.1. The van der Waals surface area contributed by atoms with Crippen molar-refractivity contribution in [1.82, 2.24) is 9.88 Å². The van der Waals surface area contributed by atoms with E-state index < -0.39 is 0 Å². The SMILES string of the molecule is O=C(c1cccc(OCc2cccnc2)c1)N1CCC1. The van der Waals surface area contributed by atoms with Crippen LogP contribution in [0.5, 0.6) is 5.75 Å². The fourth-order valence-corrected chi connectivity index (χ4v) is 2.07. The van der Waals surface area contributed by atoms with Crippen LogP contribution in [0.1, 0.15) is 22.3 Å². The summed E-state index contributed by atoms with van der Waals surface area (Å²) >= 11 is 0. The van der Waals surface area contributed by atoms with E-state index >= 15 is 0 Å². The van der Waals surface area contributed by atoms with Crippen LogP contribution in [-0.4, -0.2) is 28.9 Å². The van der Waals surface area contributed by atoms with Crippen LogP contribution in [0.3, 0.4) is 0 Å². The number of ether oxygens (including phenoxy) is 1. The van der Waals surface area contributed by atoms with Crippen LogP contribution >= 0.6 is 0 Å². The van der Waals surface area contributed by atoms with Crippen LogP contribution in [-0.2, 0) is 6.61 Å². The molecule has 0 N–H and O–H groups in total. The predicted octanol–water partition coefficient (Wildman–Crippen LogP) is 2.51. The maximum Gasteiger partial charge on any atom is 0.253 e. The van der Waals surface area contributed by atoms with Crippen LogP contribution in [0, 0.1) is 0 Å². The number of carbonyl (C=O) groups excluding carboxylic acids is 1. The first-order valence-electron chi connectivity index (χ1n) is 6.74. The molecule has 0 radical (unpaired) electrons. The number of pyridine rings is 1. The van der Waals surface area contributed by atoms with E-state index in [1.165, 1.54) is 0 Å². The minimum Gasteiger partial charge on any atom is -0.489 e. The molecule has 1 fully saturated rings. The third-order valence-electron chi connectivity index (χ3n) is 3.35. The summed E-state index contributed by atoms with van der Waals surface area (Å²) in [6, 6.07) is 11.2. The summed E-state index contributed by atoms with van der Waals surface area (Å²) in [7, 11) is 0. The zero-order chi connectivity index (χ0) is 13.8. The average molecular weight is 268 g/mol. The van der Waals surface area contributed by atoms with Gasteiger partial charge in [0, 0.05) is 36.6 Å². The van der Waals surface area contributed by atoms with Crippen LogP contribution in [0.4, 0.5) is 0 Å². The van der Waals surface area contributed by atoms with Crippen LogP contribution in [0.2, 0.25) is 0 Å². The molecule has 0 unspecified atom stereocenters. The lowest BCUT2D eigenvalue weighted by Crippen LogP contribution is -2.41. The van der Waals surface area contributed by atoms with Crippen molar-refractivity contribution >= 4 is 5.91 Å². The van der Waals surface area contributed by atoms with Gasteiger partial charge in [0.2, 0.25) is 0 Å². The second-order valence-electron chi connectivity index (χ2n) is 4.82. The Kier molecular flexibility index (Phi) is 3.63. The van der Waals surface area contributed by atoms with Crippen molar-refractivity contribution in [3.05, 3.63) is 59.9 Å².